The fraction of sp³-hybridized carbons (Fsp3) is 0.500. The number of nitrogens with one attached hydrogen (secondary N) is 1. The molecule has 0 radical (unpaired) electrons. The van der Waals surface area contributed by atoms with Crippen molar-refractivity contribution in [1.82, 2.24) is 15.2 Å². The van der Waals surface area contributed by atoms with Crippen LogP contribution < -0.4 is 5.32 Å². The maximum absolute atomic E-state index is 12.6. The molecule has 1 amide bonds. The molecule has 2 unspecified atom stereocenters. The molecule has 3 aliphatic rings. The molecule has 2 aromatic rings. The van der Waals surface area contributed by atoms with Crippen LogP contribution in [0.5, 0.6) is 0 Å². The number of carbonyl (C=O) groups is 1. The normalized spacial score (nSPS) is 28.9. The van der Waals surface area contributed by atoms with Crippen molar-refractivity contribution in [3.63, 3.8) is 0 Å². The van der Waals surface area contributed by atoms with Gasteiger partial charge in [0.25, 0.3) is 11.3 Å². The topological polar surface area (TPSA) is 58.4 Å². The van der Waals surface area contributed by atoms with Gasteiger partial charge < -0.3 is 9.73 Å². The van der Waals surface area contributed by atoms with E-state index in [-0.39, 0.29) is 17.3 Å². The molecule has 3 fully saturated rings. The van der Waals surface area contributed by atoms with Crippen LogP contribution in [0.3, 0.4) is 0 Å². The second-order valence-corrected chi connectivity index (χ2v) is 8.98. The molecule has 0 aliphatic carbocycles. The summed E-state index contributed by atoms with van der Waals surface area (Å²) in [6, 6.07) is 4.48. The van der Waals surface area contributed by atoms with Gasteiger partial charge in [-0.25, -0.2) is 4.98 Å². The van der Waals surface area contributed by atoms with Gasteiger partial charge in [-0.3, -0.25) is 9.69 Å². The molecule has 0 saturated carbocycles. The van der Waals surface area contributed by atoms with Gasteiger partial charge in [0.1, 0.15) is 0 Å². The number of hydrogen-bond acceptors (Lipinski definition) is 6. The zero-order valence-electron chi connectivity index (χ0n) is 13.2. The predicted octanol–water partition coefficient (Wildman–Crippen LogP) is 3.75. The lowest BCUT2D eigenvalue weighted by atomic mass is 9.79. The van der Waals surface area contributed by atoms with E-state index in [2.05, 4.69) is 22.1 Å². The molecule has 128 valence electrons. The lowest BCUT2D eigenvalue weighted by molar-refractivity contribution is 0.0218. The van der Waals surface area contributed by atoms with Gasteiger partial charge in [-0.2, -0.15) is 0 Å². The molecule has 3 aliphatic heterocycles. The van der Waals surface area contributed by atoms with Gasteiger partial charge in [0, 0.05) is 12.1 Å². The summed E-state index contributed by atoms with van der Waals surface area (Å²) in [7, 11) is 0. The summed E-state index contributed by atoms with van der Waals surface area (Å²) < 4.78 is 6.23. The van der Waals surface area contributed by atoms with E-state index in [1.54, 1.807) is 6.20 Å². The Bertz CT molecular complexity index is 737. The standard InChI is InChI=1S/C16H18ClN3O2S2/c1-9-14(10-4-6-20(9)7-5-10)19-15(21)11-2-3-13(23-11)24-12-8-18-16(17)22-12/h2-3,8-10,14H,4-7H2,1H3,(H,19,21). The van der Waals surface area contributed by atoms with Gasteiger partial charge in [-0.05, 0) is 74.3 Å². The van der Waals surface area contributed by atoms with Gasteiger partial charge >= 0.3 is 0 Å². The Labute approximate surface area is 153 Å². The van der Waals surface area contributed by atoms with Crippen LogP contribution in [-0.4, -0.2) is 41.0 Å². The minimum Gasteiger partial charge on any atom is -0.421 e. The molecule has 2 bridgehead atoms. The van der Waals surface area contributed by atoms with Gasteiger partial charge in [0.2, 0.25) is 0 Å². The molecule has 5 nitrogen and oxygen atoms in total. The SMILES string of the molecule is CC1C(NC(=O)c2ccc(Sc3cnc(Cl)o3)s2)C2CCN1CC2. The first-order chi connectivity index (χ1) is 11.6. The minimum atomic E-state index is 0.0213. The largest absolute Gasteiger partial charge is 0.421 e. The van der Waals surface area contributed by atoms with Crippen LogP contribution in [0.15, 0.2) is 32.0 Å². The third-order valence-corrected chi connectivity index (χ3v) is 7.22. The Morgan fingerprint density at radius 1 is 1.46 bits per heavy atom. The highest BCUT2D eigenvalue weighted by molar-refractivity contribution is 8.01. The highest BCUT2D eigenvalue weighted by atomic mass is 35.5. The van der Waals surface area contributed by atoms with E-state index in [1.807, 2.05) is 12.1 Å². The lowest BCUT2D eigenvalue weighted by Crippen LogP contribution is -2.62. The number of halogens is 1. The van der Waals surface area contributed by atoms with Crippen LogP contribution in [0.4, 0.5) is 0 Å². The van der Waals surface area contributed by atoms with E-state index < -0.39 is 0 Å². The first-order valence-corrected chi connectivity index (χ1v) is 10.0. The number of oxazole rings is 1. The molecule has 8 heteroatoms. The fourth-order valence-electron chi connectivity index (χ4n) is 3.65. The molecule has 2 aromatic heterocycles. The maximum Gasteiger partial charge on any atom is 0.293 e. The Morgan fingerprint density at radius 3 is 2.92 bits per heavy atom. The molecular formula is C16H18ClN3O2S2. The highest BCUT2D eigenvalue weighted by Crippen LogP contribution is 2.35. The molecule has 2 atom stereocenters. The number of nitrogens with zero attached hydrogens (tertiary/aromatic N) is 2. The Balaban J connectivity index is 1.41. The molecule has 3 saturated heterocycles. The summed E-state index contributed by atoms with van der Waals surface area (Å²) in [6.07, 6.45) is 3.96. The summed E-state index contributed by atoms with van der Waals surface area (Å²) >= 11 is 8.56. The number of carbonyl (C=O) groups excluding carboxylic acids is 1. The van der Waals surface area contributed by atoms with Crippen molar-refractivity contribution >= 4 is 40.6 Å². The Kier molecular flexibility index (Phi) is 4.60. The Morgan fingerprint density at radius 2 is 2.25 bits per heavy atom. The van der Waals surface area contributed by atoms with Crippen molar-refractivity contribution in [2.45, 2.75) is 41.2 Å². The number of rotatable bonds is 4. The lowest BCUT2D eigenvalue weighted by Gasteiger charge is -2.49. The van der Waals surface area contributed by atoms with E-state index in [9.17, 15) is 4.79 Å². The molecular weight excluding hydrogens is 366 g/mol. The molecule has 0 spiro atoms. The van der Waals surface area contributed by atoms with Gasteiger partial charge in [-0.1, -0.05) is 0 Å². The van der Waals surface area contributed by atoms with Crippen LogP contribution in [0.25, 0.3) is 0 Å². The van der Waals surface area contributed by atoms with Crippen molar-refractivity contribution in [3.8, 4) is 0 Å². The first kappa shape index (κ1) is 16.4. The number of amides is 1. The summed E-state index contributed by atoms with van der Waals surface area (Å²) in [6.45, 7) is 4.55. The van der Waals surface area contributed by atoms with E-state index in [0.29, 0.717) is 17.1 Å². The maximum atomic E-state index is 12.6. The quantitative estimate of drug-likeness (QED) is 0.871. The average Bonchev–Trinajstić information content (AvgIpc) is 3.21. The average molecular weight is 384 g/mol. The van der Waals surface area contributed by atoms with Crippen molar-refractivity contribution in [3.05, 3.63) is 28.6 Å². The molecule has 24 heavy (non-hydrogen) atoms. The second kappa shape index (κ2) is 6.71. The van der Waals surface area contributed by atoms with Crippen LogP contribution in [0, 0.1) is 5.92 Å². The number of fused-ring (bicyclic) bond motifs is 3. The number of hydrogen-bond donors (Lipinski definition) is 1. The van der Waals surface area contributed by atoms with Crippen molar-refractivity contribution < 1.29 is 9.21 Å². The summed E-state index contributed by atoms with van der Waals surface area (Å²) in [5, 5.41) is 4.01. The van der Waals surface area contributed by atoms with E-state index in [4.69, 9.17) is 16.0 Å². The third-order valence-electron chi connectivity index (χ3n) is 4.94. The van der Waals surface area contributed by atoms with Crippen molar-refractivity contribution in [2.24, 2.45) is 5.92 Å². The Hall–Kier alpha value is -1.02. The minimum absolute atomic E-state index is 0.0213. The predicted molar refractivity (Wildman–Crippen MR) is 95.0 cm³/mol. The zero-order chi connectivity index (χ0) is 16.7. The van der Waals surface area contributed by atoms with Gasteiger partial charge in [-0.15, -0.1) is 11.3 Å². The van der Waals surface area contributed by atoms with Crippen LogP contribution in [-0.2, 0) is 0 Å². The van der Waals surface area contributed by atoms with E-state index in [1.165, 1.54) is 35.9 Å². The monoisotopic (exact) mass is 383 g/mol. The molecule has 1 N–H and O–H groups in total. The second-order valence-electron chi connectivity index (χ2n) is 6.27. The number of thiophene rings is 1. The van der Waals surface area contributed by atoms with Crippen LogP contribution in [0.1, 0.15) is 29.4 Å². The highest BCUT2D eigenvalue weighted by Gasteiger charge is 2.40. The van der Waals surface area contributed by atoms with E-state index in [0.717, 1.165) is 22.2 Å². The zero-order valence-corrected chi connectivity index (χ0v) is 15.6. The molecule has 5 rings (SSSR count). The van der Waals surface area contributed by atoms with E-state index >= 15 is 0 Å². The van der Waals surface area contributed by atoms with Crippen molar-refractivity contribution in [1.29, 1.82) is 0 Å². The van der Waals surface area contributed by atoms with Crippen molar-refractivity contribution in [2.75, 3.05) is 13.1 Å². The fourth-order valence-corrected chi connectivity index (χ4v) is 5.71. The molecule has 5 heterocycles. The van der Waals surface area contributed by atoms with Crippen LogP contribution >= 0.6 is 34.7 Å². The smallest absolute Gasteiger partial charge is 0.293 e. The van der Waals surface area contributed by atoms with Gasteiger partial charge in [0.05, 0.1) is 15.3 Å². The van der Waals surface area contributed by atoms with Gasteiger partial charge in [0.15, 0.2) is 5.09 Å². The summed E-state index contributed by atoms with van der Waals surface area (Å²) in [4.78, 5) is 19.7. The number of aromatic nitrogens is 1. The van der Waals surface area contributed by atoms with Crippen LogP contribution in [0.2, 0.25) is 5.35 Å². The molecule has 0 aromatic carbocycles. The number of piperidine rings is 3. The summed E-state index contributed by atoms with van der Waals surface area (Å²) in [5.74, 6) is 0.632. The third kappa shape index (κ3) is 3.22. The first-order valence-electron chi connectivity index (χ1n) is 8.04. The summed E-state index contributed by atoms with van der Waals surface area (Å²) in [5.41, 5.74) is 0.